The molecule has 8 nitrogen and oxygen atoms in total. The van der Waals surface area contributed by atoms with Crippen molar-refractivity contribution in [3.63, 3.8) is 0 Å². The summed E-state index contributed by atoms with van der Waals surface area (Å²) in [6, 6.07) is 6.07. The predicted molar refractivity (Wildman–Crippen MR) is 119 cm³/mol. The standard InChI is InChI=1S/C22H22N6O2S/c1-13-5-2-3-6-15(13)28-19-14-8-9-23-20(14)24-11-16(19)27(22(28)29)12-18-25-21(30-26-18)17-7-4-10-31-17/h4,7-11,13,15H,2-3,5-6,12H2,1H3,(H,23,24)/t13-,15+/m1/s1. The first kappa shape index (κ1) is 18.6. The van der Waals surface area contributed by atoms with Crippen molar-refractivity contribution in [1.82, 2.24) is 29.2 Å². The number of aromatic amines is 1. The van der Waals surface area contributed by atoms with Crippen LogP contribution in [0.5, 0.6) is 0 Å². The molecule has 0 spiro atoms. The zero-order valence-electron chi connectivity index (χ0n) is 17.1. The maximum Gasteiger partial charge on any atom is 0.329 e. The lowest BCUT2D eigenvalue weighted by molar-refractivity contribution is 0.256. The molecule has 0 radical (unpaired) electrons. The SMILES string of the molecule is C[C@@H]1CCCC[C@@H]1n1c(=O)n(Cc2noc(-c3cccs3)n2)c2cnc3[nH]ccc3c21. The Morgan fingerprint density at radius 3 is 3.03 bits per heavy atom. The summed E-state index contributed by atoms with van der Waals surface area (Å²) in [6.45, 7) is 2.50. The molecular weight excluding hydrogens is 412 g/mol. The van der Waals surface area contributed by atoms with E-state index in [1.54, 1.807) is 22.1 Å². The van der Waals surface area contributed by atoms with Crippen LogP contribution in [-0.2, 0) is 6.54 Å². The average Bonchev–Trinajstić information content (AvgIpc) is 3.56. The molecule has 6 rings (SSSR count). The van der Waals surface area contributed by atoms with Crippen molar-refractivity contribution in [2.24, 2.45) is 5.92 Å². The molecule has 1 fully saturated rings. The number of fused-ring (bicyclic) bond motifs is 3. The molecule has 5 heterocycles. The van der Waals surface area contributed by atoms with Crippen LogP contribution in [0.1, 0.15) is 44.5 Å². The van der Waals surface area contributed by atoms with E-state index in [-0.39, 0.29) is 18.3 Å². The summed E-state index contributed by atoms with van der Waals surface area (Å²) in [7, 11) is 0. The lowest BCUT2D eigenvalue weighted by Gasteiger charge is -2.29. The van der Waals surface area contributed by atoms with Crippen molar-refractivity contribution in [2.45, 2.75) is 45.2 Å². The summed E-state index contributed by atoms with van der Waals surface area (Å²) < 4.78 is 9.17. The van der Waals surface area contributed by atoms with Gasteiger partial charge in [0.25, 0.3) is 5.89 Å². The summed E-state index contributed by atoms with van der Waals surface area (Å²) in [5.41, 5.74) is 2.50. The molecule has 0 bridgehead atoms. The van der Waals surface area contributed by atoms with Crippen molar-refractivity contribution < 1.29 is 4.52 Å². The Bertz CT molecular complexity index is 1420. The Morgan fingerprint density at radius 2 is 2.19 bits per heavy atom. The first-order valence-corrected chi connectivity index (χ1v) is 11.5. The van der Waals surface area contributed by atoms with Crippen LogP contribution in [0.15, 0.2) is 45.3 Å². The number of pyridine rings is 1. The van der Waals surface area contributed by atoms with Crippen LogP contribution in [-0.4, -0.2) is 29.2 Å². The third-order valence-electron chi connectivity index (χ3n) is 6.40. The van der Waals surface area contributed by atoms with Gasteiger partial charge in [-0.15, -0.1) is 11.3 Å². The smallest absolute Gasteiger partial charge is 0.329 e. The highest BCUT2D eigenvalue weighted by atomic mass is 32.1. The van der Waals surface area contributed by atoms with Crippen molar-refractivity contribution in [2.75, 3.05) is 0 Å². The van der Waals surface area contributed by atoms with Crippen molar-refractivity contribution in [1.29, 1.82) is 0 Å². The second-order valence-corrected chi connectivity index (χ2v) is 9.24. The fraction of sp³-hybridized carbons (Fsp3) is 0.364. The molecule has 1 aliphatic rings. The third-order valence-corrected chi connectivity index (χ3v) is 7.26. The van der Waals surface area contributed by atoms with Gasteiger partial charge in [0.1, 0.15) is 5.65 Å². The molecule has 0 amide bonds. The zero-order chi connectivity index (χ0) is 20.9. The minimum absolute atomic E-state index is 0.0354. The summed E-state index contributed by atoms with van der Waals surface area (Å²) in [4.78, 5) is 26.9. The van der Waals surface area contributed by atoms with Crippen molar-refractivity contribution in [3.8, 4) is 10.8 Å². The number of imidazole rings is 1. The molecule has 5 aromatic rings. The van der Waals surface area contributed by atoms with Crippen LogP contribution < -0.4 is 5.69 Å². The van der Waals surface area contributed by atoms with Gasteiger partial charge in [-0.2, -0.15) is 4.98 Å². The molecule has 9 heteroatoms. The zero-order valence-corrected chi connectivity index (χ0v) is 17.9. The normalized spacial score (nSPS) is 19.5. The highest BCUT2D eigenvalue weighted by molar-refractivity contribution is 7.13. The lowest BCUT2D eigenvalue weighted by atomic mass is 9.85. The maximum atomic E-state index is 13.7. The Morgan fingerprint density at radius 1 is 1.29 bits per heavy atom. The van der Waals surface area contributed by atoms with Gasteiger partial charge in [0.05, 0.1) is 28.7 Å². The number of H-pyrrole nitrogens is 1. The number of nitrogens with one attached hydrogen (secondary N) is 1. The molecule has 31 heavy (non-hydrogen) atoms. The van der Waals surface area contributed by atoms with Crippen LogP contribution in [0.3, 0.4) is 0 Å². The van der Waals surface area contributed by atoms with Gasteiger partial charge < -0.3 is 9.51 Å². The van der Waals surface area contributed by atoms with E-state index in [2.05, 4.69) is 27.0 Å². The van der Waals surface area contributed by atoms with Crippen LogP contribution in [0.4, 0.5) is 0 Å². The fourth-order valence-electron chi connectivity index (χ4n) is 4.86. The predicted octanol–water partition coefficient (Wildman–Crippen LogP) is 4.59. The van der Waals surface area contributed by atoms with E-state index >= 15 is 0 Å². The van der Waals surface area contributed by atoms with Gasteiger partial charge in [-0.25, -0.2) is 9.78 Å². The maximum absolute atomic E-state index is 13.7. The summed E-state index contributed by atoms with van der Waals surface area (Å²) in [5.74, 6) is 1.41. The molecule has 0 aliphatic heterocycles. The van der Waals surface area contributed by atoms with Crippen LogP contribution in [0, 0.1) is 5.92 Å². The second kappa shape index (κ2) is 7.19. The van der Waals surface area contributed by atoms with Gasteiger partial charge in [-0.1, -0.05) is 31.0 Å². The number of aromatic nitrogens is 6. The molecule has 1 aliphatic carbocycles. The van der Waals surface area contributed by atoms with Crippen molar-refractivity contribution in [3.05, 3.63) is 52.3 Å². The van der Waals surface area contributed by atoms with Gasteiger partial charge in [-0.05, 0) is 36.3 Å². The Kier molecular flexibility index (Phi) is 4.31. The van der Waals surface area contributed by atoms with Crippen LogP contribution in [0.2, 0.25) is 0 Å². The molecule has 2 atom stereocenters. The molecule has 0 aromatic carbocycles. The molecule has 1 saturated carbocycles. The first-order valence-electron chi connectivity index (χ1n) is 10.6. The van der Waals surface area contributed by atoms with E-state index in [1.165, 1.54) is 6.42 Å². The second-order valence-electron chi connectivity index (χ2n) is 8.29. The summed E-state index contributed by atoms with van der Waals surface area (Å²) in [6.07, 6.45) is 8.17. The highest BCUT2D eigenvalue weighted by Gasteiger charge is 2.29. The van der Waals surface area contributed by atoms with Gasteiger partial charge in [-0.3, -0.25) is 9.13 Å². The van der Waals surface area contributed by atoms with E-state index in [0.29, 0.717) is 17.6 Å². The number of thiophene rings is 1. The number of nitrogens with zero attached hydrogens (tertiary/aromatic N) is 5. The molecular formula is C22H22N6O2S. The quantitative estimate of drug-likeness (QED) is 0.446. The van der Waals surface area contributed by atoms with Crippen LogP contribution >= 0.6 is 11.3 Å². The third kappa shape index (κ3) is 2.95. The van der Waals surface area contributed by atoms with E-state index in [4.69, 9.17) is 4.52 Å². The van der Waals surface area contributed by atoms with Gasteiger partial charge >= 0.3 is 5.69 Å². The van der Waals surface area contributed by atoms with E-state index in [9.17, 15) is 4.79 Å². The lowest BCUT2D eigenvalue weighted by Crippen LogP contribution is -2.32. The van der Waals surface area contributed by atoms with E-state index in [0.717, 1.165) is 46.2 Å². The molecule has 0 saturated heterocycles. The van der Waals surface area contributed by atoms with Gasteiger partial charge in [0, 0.05) is 17.6 Å². The molecule has 5 aromatic heterocycles. The number of hydrogen-bond donors (Lipinski definition) is 1. The summed E-state index contributed by atoms with van der Waals surface area (Å²) in [5, 5.41) is 7.07. The number of hydrogen-bond acceptors (Lipinski definition) is 6. The molecule has 1 N–H and O–H groups in total. The monoisotopic (exact) mass is 434 g/mol. The Hall–Kier alpha value is -3.20. The largest absolute Gasteiger partial charge is 0.346 e. The Labute approximate surface area is 181 Å². The average molecular weight is 435 g/mol. The van der Waals surface area contributed by atoms with Crippen molar-refractivity contribution >= 4 is 33.4 Å². The minimum atomic E-state index is -0.0354. The van der Waals surface area contributed by atoms with E-state index < -0.39 is 0 Å². The topological polar surface area (TPSA) is 94.5 Å². The van der Waals surface area contributed by atoms with Gasteiger partial charge in [0.2, 0.25) is 0 Å². The fourth-order valence-corrected chi connectivity index (χ4v) is 5.51. The Balaban J connectivity index is 1.52. The minimum Gasteiger partial charge on any atom is -0.346 e. The van der Waals surface area contributed by atoms with Crippen LogP contribution in [0.25, 0.3) is 32.8 Å². The van der Waals surface area contributed by atoms with E-state index in [1.807, 2.05) is 34.3 Å². The molecule has 0 unspecified atom stereocenters. The summed E-state index contributed by atoms with van der Waals surface area (Å²) >= 11 is 1.54. The van der Waals surface area contributed by atoms with Gasteiger partial charge in [0.15, 0.2) is 5.82 Å². The number of rotatable bonds is 4. The highest BCUT2D eigenvalue weighted by Crippen LogP contribution is 2.36. The molecule has 158 valence electrons. The first-order chi connectivity index (χ1) is 15.2.